The maximum Gasteiger partial charge on any atom is 0.343 e. The van der Waals surface area contributed by atoms with Gasteiger partial charge in [0.2, 0.25) is 0 Å². The Balaban J connectivity index is 1.33. The zero-order valence-electron chi connectivity index (χ0n) is 20.9. The first-order valence-corrected chi connectivity index (χ1v) is 12.7. The second-order valence-corrected chi connectivity index (χ2v) is 9.05. The quantitative estimate of drug-likeness (QED) is 0.0977. The number of carbonyl (C=O) groups excluding carboxylic acids is 2. The number of benzene rings is 4. The highest BCUT2D eigenvalue weighted by Gasteiger charge is 2.13. The number of hydrazone groups is 1. The fourth-order valence-electron chi connectivity index (χ4n) is 3.38. The third-order valence-corrected chi connectivity index (χ3v) is 5.87. The maximum absolute atomic E-state index is 12.5. The highest BCUT2D eigenvalue weighted by Crippen LogP contribution is 2.29. The van der Waals surface area contributed by atoms with Gasteiger partial charge in [0.15, 0.2) is 11.5 Å². The topological polar surface area (TPSA) is 86.2 Å². The lowest BCUT2D eigenvalue weighted by molar-refractivity contribution is 0.0728. The van der Waals surface area contributed by atoms with Crippen molar-refractivity contribution in [3.8, 4) is 17.2 Å². The van der Waals surface area contributed by atoms with Crippen LogP contribution in [0.5, 0.6) is 17.2 Å². The van der Waals surface area contributed by atoms with Gasteiger partial charge in [-0.1, -0.05) is 35.3 Å². The first-order chi connectivity index (χ1) is 18.9. The van der Waals surface area contributed by atoms with Crippen molar-refractivity contribution in [2.45, 2.75) is 13.5 Å². The highest BCUT2D eigenvalue weighted by atomic mass is 35.5. The minimum atomic E-state index is -0.539. The minimum absolute atomic E-state index is 0.261. The van der Waals surface area contributed by atoms with Crippen LogP contribution in [0.4, 0.5) is 0 Å². The Morgan fingerprint density at radius 2 is 1.44 bits per heavy atom. The Hall–Kier alpha value is -4.33. The first-order valence-electron chi connectivity index (χ1n) is 12.0. The van der Waals surface area contributed by atoms with Crippen LogP contribution < -0.4 is 19.6 Å². The van der Waals surface area contributed by atoms with Crippen LogP contribution in [0.1, 0.15) is 38.8 Å². The van der Waals surface area contributed by atoms with Crippen molar-refractivity contribution in [2.24, 2.45) is 5.10 Å². The molecule has 0 fully saturated rings. The monoisotopic (exact) mass is 562 g/mol. The van der Waals surface area contributed by atoms with Crippen LogP contribution in [0.2, 0.25) is 10.0 Å². The Kier molecular flexibility index (Phi) is 9.56. The SMILES string of the molecule is CCOc1cc(C=NNC(=O)c2ccc(OCc3ccc(Cl)cc3)cc2)ccc1OC(=O)c1ccc(Cl)cc1. The maximum atomic E-state index is 12.5. The van der Waals surface area contributed by atoms with Crippen molar-refractivity contribution < 1.29 is 23.8 Å². The highest BCUT2D eigenvalue weighted by molar-refractivity contribution is 6.30. The zero-order chi connectivity index (χ0) is 27.6. The molecular formula is C30H24Cl2N2O5. The van der Waals surface area contributed by atoms with Crippen molar-refractivity contribution in [1.29, 1.82) is 0 Å². The van der Waals surface area contributed by atoms with Crippen LogP contribution in [0.25, 0.3) is 0 Å². The molecule has 1 N–H and O–H groups in total. The van der Waals surface area contributed by atoms with Crippen molar-refractivity contribution in [3.63, 3.8) is 0 Å². The number of rotatable bonds is 10. The number of esters is 1. The second kappa shape index (κ2) is 13.5. The Morgan fingerprint density at radius 3 is 2.10 bits per heavy atom. The number of nitrogens with zero attached hydrogens (tertiary/aromatic N) is 1. The molecule has 0 aliphatic carbocycles. The summed E-state index contributed by atoms with van der Waals surface area (Å²) in [6.07, 6.45) is 1.47. The molecule has 7 nitrogen and oxygen atoms in total. The zero-order valence-corrected chi connectivity index (χ0v) is 22.4. The van der Waals surface area contributed by atoms with Gasteiger partial charge < -0.3 is 14.2 Å². The fourth-order valence-corrected chi connectivity index (χ4v) is 3.63. The van der Waals surface area contributed by atoms with Crippen molar-refractivity contribution >= 4 is 41.3 Å². The van der Waals surface area contributed by atoms with E-state index in [1.54, 1.807) is 78.9 Å². The molecule has 0 bridgehead atoms. The van der Waals surface area contributed by atoms with Crippen LogP contribution in [-0.2, 0) is 6.61 Å². The Morgan fingerprint density at radius 1 is 0.795 bits per heavy atom. The van der Waals surface area contributed by atoms with E-state index in [0.717, 1.165) is 5.56 Å². The molecule has 0 unspecified atom stereocenters. The van der Waals surface area contributed by atoms with E-state index < -0.39 is 5.97 Å². The van der Waals surface area contributed by atoms with Crippen molar-refractivity contribution in [3.05, 3.63) is 123 Å². The molecule has 4 rings (SSSR count). The van der Waals surface area contributed by atoms with Crippen LogP contribution >= 0.6 is 23.2 Å². The molecule has 0 saturated heterocycles. The van der Waals surface area contributed by atoms with Crippen LogP contribution in [0.15, 0.2) is 96.1 Å². The first kappa shape index (κ1) is 27.7. The van der Waals surface area contributed by atoms with E-state index in [0.29, 0.717) is 51.4 Å². The molecule has 0 radical (unpaired) electrons. The molecule has 4 aromatic carbocycles. The summed E-state index contributed by atoms with van der Waals surface area (Å²) in [5.41, 5.74) is 4.89. The summed E-state index contributed by atoms with van der Waals surface area (Å²) < 4.78 is 16.9. The van der Waals surface area contributed by atoms with Crippen LogP contribution in [0.3, 0.4) is 0 Å². The molecule has 0 aromatic heterocycles. The van der Waals surface area contributed by atoms with Crippen LogP contribution in [-0.4, -0.2) is 24.7 Å². The minimum Gasteiger partial charge on any atom is -0.490 e. The van der Waals surface area contributed by atoms with E-state index in [-0.39, 0.29) is 11.7 Å². The third-order valence-electron chi connectivity index (χ3n) is 5.37. The van der Waals surface area contributed by atoms with Crippen molar-refractivity contribution in [2.75, 3.05) is 6.61 Å². The summed E-state index contributed by atoms with van der Waals surface area (Å²) >= 11 is 11.8. The number of amides is 1. The number of halogens is 2. The van der Waals surface area contributed by atoms with Gasteiger partial charge in [-0.2, -0.15) is 5.10 Å². The molecule has 198 valence electrons. The average Bonchev–Trinajstić information content (AvgIpc) is 2.95. The summed E-state index contributed by atoms with van der Waals surface area (Å²) in [5, 5.41) is 5.22. The lowest BCUT2D eigenvalue weighted by atomic mass is 10.2. The molecule has 0 aliphatic rings. The van der Waals surface area contributed by atoms with E-state index in [2.05, 4.69) is 10.5 Å². The summed E-state index contributed by atoms with van der Waals surface area (Å²) in [5.74, 6) is 0.336. The van der Waals surface area contributed by atoms with Gasteiger partial charge in [0.1, 0.15) is 12.4 Å². The van der Waals surface area contributed by atoms with Crippen LogP contribution in [0, 0.1) is 0 Å². The van der Waals surface area contributed by atoms with E-state index in [4.69, 9.17) is 37.4 Å². The average molecular weight is 563 g/mol. The molecule has 0 atom stereocenters. The largest absolute Gasteiger partial charge is 0.490 e. The lowest BCUT2D eigenvalue weighted by Gasteiger charge is -2.11. The number of carbonyl (C=O) groups is 2. The summed E-state index contributed by atoms with van der Waals surface area (Å²) in [7, 11) is 0. The van der Waals surface area contributed by atoms with Gasteiger partial charge in [0.25, 0.3) is 5.91 Å². The predicted octanol–water partition coefficient (Wildman–Crippen LogP) is 6.95. The van der Waals surface area contributed by atoms with Gasteiger partial charge in [-0.15, -0.1) is 0 Å². The van der Waals surface area contributed by atoms with Gasteiger partial charge in [0.05, 0.1) is 18.4 Å². The molecule has 9 heteroatoms. The second-order valence-electron chi connectivity index (χ2n) is 8.17. The molecule has 0 saturated carbocycles. The number of nitrogens with one attached hydrogen (secondary N) is 1. The van der Waals surface area contributed by atoms with E-state index in [1.807, 2.05) is 19.1 Å². The number of hydrogen-bond acceptors (Lipinski definition) is 6. The molecular weight excluding hydrogens is 539 g/mol. The Bertz CT molecular complexity index is 1450. The summed E-state index contributed by atoms with van der Waals surface area (Å²) in [6, 6.07) is 25.5. The van der Waals surface area contributed by atoms with E-state index in [1.165, 1.54) is 6.21 Å². The lowest BCUT2D eigenvalue weighted by Crippen LogP contribution is -2.17. The van der Waals surface area contributed by atoms with E-state index >= 15 is 0 Å². The summed E-state index contributed by atoms with van der Waals surface area (Å²) in [6.45, 7) is 2.57. The fraction of sp³-hybridized carbons (Fsp3) is 0.100. The van der Waals surface area contributed by atoms with E-state index in [9.17, 15) is 9.59 Å². The molecule has 4 aromatic rings. The molecule has 1 amide bonds. The summed E-state index contributed by atoms with van der Waals surface area (Å²) in [4.78, 5) is 25.0. The third kappa shape index (κ3) is 8.07. The van der Waals surface area contributed by atoms with Gasteiger partial charge in [-0.05, 0) is 96.9 Å². The van der Waals surface area contributed by atoms with Gasteiger partial charge in [-0.25, -0.2) is 10.2 Å². The normalized spacial score (nSPS) is 10.7. The Labute approximate surface area is 235 Å². The van der Waals surface area contributed by atoms with Crippen molar-refractivity contribution in [1.82, 2.24) is 5.43 Å². The standard InChI is InChI=1S/C30H24Cl2N2O5/c1-2-37-28-17-21(5-16-27(28)39-30(36)23-6-12-25(32)13-7-23)18-33-34-29(35)22-8-14-26(15-9-22)38-19-20-3-10-24(31)11-4-20/h3-18H,2,19H2,1H3,(H,34,35). The number of hydrogen-bond donors (Lipinski definition) is 1. The van der Waals surface area contributed by atoms with Gasteiger partial charge in [0, 0.05) is 15.6 Å². The molecule has 0 spiro atoms. The molecule has 0 aliphatic heterocycles. The molecule has 39 heavy (non-hydrogen) atoms. The number of ether oxygens (including phenoxy) is 3. The van der Waals surface area contributed by atoms with Gasteiger partial charge >= 0.3 is 5.97 Å². The predicted molar refractivity (Wildman–Crippen MR) is 151 cm³/mol. The van der Waals surface area contributed by atoms with Gasteiger partial charge in [-0.3, -0.25) is 4.79 Å². The smallest absolute Gasteiger partial charge is 0.343 e. The molecule has 0 heterocycles.